The summed E-state index contributed by atoms with van der Waals surface area (Å²) in [4.78, 5) is 15.2. The molecule has 2 aromatic rings. The first kappa shape index (κ1) is 11.9. The van der Waals surface area contributed by atoms with Gasteiger partial charge in [0, 0.05) is 6.20 Å². The minimum absolute atomic E-state index is 0.181. The fourth-order valence-corrected chi connectivity index (χ4v) is 1.58. The van der Waals surface area contributed by atoms with E-state index in [0.29, 0.717) is 17.2 Å². The van der Waals surface area contributed by atoms with Crippen LogP contribution in [0.3, 0.4) is 0 Å². The summed E-state index contributed by atoms with van der Waals surface area (Å²) in [7, 11) is 0. The molecule has 0 fully saturated rings. The lowest BCUT2D eigenvalue weighted by Crippen LogP contribution is -2.05. The second-order valence-corrected chi connectivity index (χ2v) is 3.87. The molecule has 0 aliphatic heterocycles. The van der Waals surface area contributed by atoms with E-state index in [1.54, 1.807) is 30.5 Å². The van der Waals surface area contributed by atoms with Crippen LogP contribution in [0.4, 0.5) is 17.2 Å². The molecule has 0 radical (unpaired) electrons. The highest BCUT2D eigenvalue weighted by atomic mass is 16.4. The van der Waals surface area contributed by atoms with Crippen molar-refractivity contribution in [2.24, 2.45) is 0 Å². The van der Waals surface area contributed by atoms with E-state index in [-0.39, 0.29) is 5.56 Å². The molecule has 1 aromatic carbocycles. The van der Waals surface area contributed by atoms with Crippen molar-refractivity contribution in [3.05, 3.63) is 47.7 Å². The van der Waals surface area contributed by atoms with Gasteiger partial charge in [-0.15, -0.1) is 0 Å². The van der Waals surface area contributed by atoms with Crippen LogP contribution in [-0.4, -0.2) is 16.1 Å². The number of hydrogen-bond acceptors (Lipinski definition) is 4. The number of nitrogen functional groups attached to an aromatic ring is 1. The maximum atomic E-state index is 11.1. The molecule has 5 heteroatoms. The quantitative estimate of drug-likeness (QED) is 0.770. The molecule has 92 valence electrons. The van der Waals surface area contributed by atoms with E-state index in [4.69, 9.17) is 10.8 Å². The maximum absolute atomic E-state index is 11.1. The molecule has 0 bridgehead atoms. The number of anilines is 3. The van der Waals surface area contributed by atoms with Gasteiger partial charge in [0.2, 0.25) is 0 Å². The smallest absolute Gasteiger partial charge is 0.337 e. The predicted octanol–water partition coefficient (Wildman–Crippen LogP) is 2.41. The van der Waals surface area contributed by atoms with E-state index in [0.717, 1.165) is 5.56 Å². The van der Waals surface area contributed by atoms with Crippen LogP contribution in [-0.2, 0) is 0 Å². The van der Waals surface area contributed by atoms with Crippen molar-refractivity contribution in [2.45, 2.75) is 6.92 Å². The van der Waals surface area contributed by atoms with Crippen LogP contribution in [0, 0.1) is 6.92 Å². The van der Waals surface area contributed by atoms with Crippen LogP contribution >= 0.6 is 0 Å². The lowest BCUT2D eigenvalue weighted by Gasteiger charge is -2.11. The first-order valence-corrected chi connectivity index (χ1v) is 5.40. The Balaban J connectivity index is 2.40. The molecule has 1 heterocycles. The highest BCUT2D eigenvalue weighted by molar-refractivity contribution is 5.95. The van der Waals surface area contributed by atoms with Crippen LogP contribution in [0.1, 0.15) is 15.9 Å². The number of carboxylic acids is 1. The Hall–Kier alpha value is -2.56. The van der Waals surface area contributed by atoms with Crippen molar-refractivity contribution in [1.82, 2.24) is 4.98 Å². The second kappa shape index (κ2) is 4.75. The average molecular weight is 243 g/mol. The van der Waals surface area contributed by atoms with Crippen LogP contribution in [0.5, 0.6) is 0 Å². The molecule has 0 spiro atoms. The average Bonchev–Trinajstić information content (AvgIpc) is 2.35. The first-order chi connectivity index (χ1) is 8.59. The third-order valence-electron chi connectivity index (χ3n) is 2.62. The van der Waals surface area contributed by atoms with Gasteiger partial charge >= 0.3 is 5.97 Å². The van der Waals surface area contributed by atoms with Crippen LogP contribution in [0.2, 0.25) is 0 Å². The summed E-state index contributed by atoms with van der Waals surface area (Å²) < 4.78 is 0. The van der Waals surface area contributed by atoms with Crippen molar-refractivity contribution in [3.63, 3.8) is 0 Å². The number of benzene rings is 1. The van der Waals surface area contributed by atoms with Gasteiger partial charge in [0.25, 0.3) is 0 Å². The van der Waals surface area contributed by atoms with Crippen LogP contribution in [0.15, 0.2) is 36.5 Å². The number of nitrogens with zero attached hydrogens (tertiary/aromatic N) is 1. The summed E-state index contributed by atoms with van der Waals surface area (Å²) in [5.41, 5.74) is 7.93. The van der Waals surface area contributed by atoms with Gasteiger partial charge in [-0.1, -0.05) is 12.1 Å². The normalized spacial score (nSPS) is 10.1. The number of aromatic carboxylic acids is 1. The van der Waals surface area contributed by atoms with E-state index in [9.17, 15) is 4.79 Å². The maximum Gasteiger partial charge on any atom is 0.337 e. The molecule has 0 unspecified atom stereocenters. The Morgan fingerprint density at radius 2 is 2.06 bits per heavy atom. The number of nitrogens with two attached hydrogens (primary N) is 1. The van der Waals surface area contributed by atoms with E-state index in [2.05, 4.69) is 10.3 Å². The molecule has 0 amide bonds. The minimum Gasteiger partial charge on any atom is -0.478 e. The predicted molar refractivity (Wildman–Crippen MR) is 70.1 cm³/mol. The number of rotatable bonds is 3. The molecule has 4 N–H and O–H groups in total. The van der Waals surface area contributed by atoms with Crippen LogP contribution < -0.4 is 11.1 Å². The SMILES string of the molecule is Cc1ccnc(Nc2ccccc2C(=O)O)c1N. The molecule has 0 saturated carbocycles. The molecule has 0 atom stereocenters. The van der Waals surface area contributed by atoms with Crippen LogP contribution in [0.25, 0.3) is 0 Å². The number of carbonyl (C=O) groups is 1. The highest BCUT2D eigenvalue weighted by Crippen LogP contribution is 2.25. The molecule has 0 aliphatic rings. The van der Waals surface area contributed by atoms with Gasteiger partial charge in [-0.05, 0) is 30.7 Å². The molecule has 0 aliphatic carbocycles. The first-order valence-electron chi connectivity index (χ1n) is 5.40. The summed E-state index contributed by atoms with van der Waals surface area (Å²) in [6, 6.07) is 8.41. The molecule has 5 nitrogen and oxygen atoms in total. The van der Waals surface area contributed by atoms with Gasteiger partial charge in [0.15, 0.2) is 5.82 Å². The van der Waals surface area contributed by atoms with E-state index >= 15 is 0 Å². The number of nitrogens with one attached hydrogen (secondary N) is 1. The van der Waals surface area contributed by atoms with Gasteiger partial charge in [-0.3, -0.25) is 0 Å². The topological polar surface area (TPSA) is 88.2 Å². The van der Waals surface area contributed by atoms with Gasteiger partial charge in [-0.2, -0.15) is 0 Å². The number of para-hydroxylation sites is 1. The Morgan fingerprint density at radius 1 is 1.33 bits per heavy atom. The van der Waals surface area contributed by atoms with Crippen molar-refractivity contribution in [2.75, 3.05) is 11.1 Å². The molecule has 0 saturated heterocycles. The lowest BCUT2D eigenvalue weighted by atomic mass is 10.1. The third-order valence-corrected chi connectivity index (χ3v) is 2.62. The summed E-state index contributed by atoms with van der Waals surface area (Å²) in [6.45, 7) is 1.87. The summed E-state index contributed by atoms with van der Waals surface area (Å²) >= 11 is 0. The van der Waals surface area contributed by atoms with Gasteiger partial charge in [-0.25, -0.2) is 9.78 Å². The minimum atomic E-state index is -0.996. The van der Waals surface area contributed by atoms with Gasteiger partial charge < -0.3 is 16.2 Å². The molecule has 18 heavy (non-hydrogen) atoms. The number of pyridine rings is 1. The van der Waals surface area contributed by atoms with E-state index in [1.165, 1.54) is 6.07 Å². The van der Waals surface area contributed by atoms with Crippen molar-refractivity contribution < 1.29 is 9.90 Å². The highest BCUT2D eigenvalue weighted by Gasteiger charge is 2.11. The number of aryl methyl sites for hydroxylation is 1. The third kappa shape index (κ3) is 2.24. The van der Waals surface area contributed by atoms with E-state index < -0.39 is 5.97 Å². The summed E-state index contributed by atoms with van der Waals surface area (Å²) in [5, 5.41) is 12.0. The summed E-state index contributed by atoms with van der Waals surface area (Å²) in [6.07, 6.45) is 1.62. The number of carboxylic acid groups (broad SMARTS) is 1. The van der Waals surface area contributed by atoms with Crippen molar-refractivity contribution in [3.8, 4) is 0 Å². The zero-order valence-corrected chi connectivity index (χ0v) is 9.84. The zero-order chi connectivity index (χ0) is 13.1. The lowest BCUT2D eigenvalue weighted by molar-refractivity contribution is 0.0698. The summed E-state index contributed by atoms with van der Waals surface area (Å²) in [5.74, 6) is -0.534. The fourth-order valence-electron chi connectivity index (χ4n) is 1.58. The Labute approximate surface area is 104 Å². The van der Waals surface area contributed by atoms with Gasteiger partial charge in [0.05, 0.1) is 16.9 Å². The zero-order valence-electron chi connectivity index (χ0n) is 9.84. The number of hydrogen-bond donors (Lipinski definition) is 3. The monoisotopic (exact) mass is 243 g/mol. The Morgan fingerprint density at radius 3 is 2.78 bits per heavy atom. The van der Waals surface area contributed by atoms with Crippen molar-refractivity contribution in [1.29, 1.82) is 0 Å². The Kier molecular flexibility index (Phi) is 3.14. The Bertz CT molecular complexity index is 597. The largest absolute Gasteiger partial charge is 0.478 e. The fraction of sp³-hybridized carbons (Fsp3) is 0.0769. The molecular weight excluding hydrogens is 230 g/mol. The number of aromatic nitrogens is 1. The molecule has 2 rings (SSSR count). The van der Waals surface area contributed by atoms with Crippen molar-refractivity contribution >= 4 is 23.2 Å². The van der Waals surface area contributed by atoms with Gasteiger partial charge in [0.1, 0.15) is 0 Å². The molecule has 1 aromatic heterocycles. The second-order valence-electron chi connectivity index (χ2n) is 3.87. The standard InChI is InChI=1S/C13H13N3O2/c1-8-6-7-15-12(11(8)14)16-10-5-3-2-4-9(10)13(17)18/h2-7H,14H2,1H3,(H,15,16)(H,17,18). The molecular formula is C13H13N3O2. The van der Waals surface area contributed by atoms with E-state index in [1.807, 2.05) is 6.92 Å².